The first-order chi connectivity index (χ1) is 11.4. The maximum Gasteiger partial charge on any atom is 0.279 e. The molecule has 0 aromatic heterocycles. The summed E-state index contributed by atoms with van der Waals surface area (Å²) in [6.45, 7) is 3.47. The van der Waals surface area contributed by atoms with Crippen LogP contribution in [-0.2, 0) is 4.79 Å². The number of halogens is 2. The summed E-state index contributed by atoms with van der Waals surface area (Å²) in [5.74, 6) is -1.47. The van der Waals surface area contributed by atoms with Gasteiger partial charge in [-0.3, -0.25) is 20.4 Å². The van der Waals surface area contributed by atoms with E-state index >= 15 is 0 Å². The van der Waals surface area contributed by atoms with Gasteiger partial charge in [-0.1, -0.05) is 18.2 Å². The van der Waals surface area contributed by atoms with E-state index < -0.39 is 23.7 Å². The van der Waals surface area contributed by atoms with Crippen molar-refractivity contribution >= 4 is 27.7 Å². The average molecular weight is 395 g/mol. The van der Waals surface area contributed by atoms with Crippen molar-refractivity contribution in [2.45, 2.75) is 20.0 Å². The molecule has 24 heavy (non-hydrogen) atoms. The number of ether oxygens (including phenoxy) is 1. The van der Waals surface area contributed by atoms with Crippen molar-refractivity contribution < 1.29 is 18.7 Å². The van der Waals surface area contributed by atoms with Crippen LogP contribution < -0.4 is 15.6 Å². The number of aryl methyl sites for hydroxylation is 1. The van der Waals surface area contributed by atoms with Gasteiger partial charge in [0.25, 0.3) is 11.8 Å². The summed E-state index contributed by atoms with van der Waals surface area (Å²) in [4.78, 5) is 23.8. The van der Waals surface area contributed by atoms with Gasteiger partial charge in [0, 0.05) is 0 Å². The summed E-state index contributed by atoms with van der Waals surface area (Å²) < 4.78 is 19.7. The Labute approximate surface area is 147 Å². The highest BCUT2D eigenvalue weighted by atomic mass is 79.9. The molecule has 2 rings (SSSR count). The van der Waals surface area contributed by atoms with Crippen molar-refractivity contribution in [3.8, 4) is 5.75 Å². The Morgan fingerprint density at radius 3 is 2.54 bits per heavy atom. The monoisotopic (exact) mass is 394 g/mol. The molecule has 1 atom stereocenters. The quantitative estimate of drug-likeness (QED) is 0.782. The highest BCUT2D eigenvalue weighted by Crippen LogP contribution is 2.26. The fraction of sp³-hybridized carbons (Fsp3) is 0.176. The van der Waals surface area contributed by atoms with Crippen molar-refractivity contribution in [1.29, 1.82) is 0 Å². The zero-order valence-electron chi connectivity index (χ0n) is 13.1. The fourth-order valence-electron chi connectivity index (χ4n) is 1.88. The third kappa shape index (κ3) is 4.55. The predicted octanol–water partition coefficient (Wildman–Crippen LogP) is 3.13. The molecule has 0 saturated heterocycles. The number of carbonyl (C=O) groups excluding carboxylic acids is 2. The fourth-order valence-corrected chi connectivity index (χ4v) is 2.46. The topological polar surface area (TPSA) is 67.4 Å². The third-order valence-corrected chi connectivity index (χ3v) is 3.80. The van der Waals surface area contributed by atoms with Crippen LogP contribution in [0.2, 0.25) is 0 Å². The maximum atomic E-state index is 13.5. The first kappa shape index (κ1) is 17.9. The van der Waals surface area contributed by atoms with Gasteiger partial charge in [0.15, 0.2) is 6.10 Å². The molecule has 7 heteroatoms. The number of hydrogen-bond acceptors (Lipinski definition) is 3. The van der Waals surface area contributed by atoms with Crippen LogP contribution in [0.15, 0.2) is 46.9 Å². The molecule has 1 unspecified atom stereocenters. The molecule has 0 fully saturated rings. The normalized spacial score (nSPS) is 11.5. The number of rotatable bonds is 4. The van der Waals surface area contributed by atoms with Gasteiger partial charge >= 0.3 is 0 Å². The lowest BCUT2D eigenvalue weighted by atomic mass is 10.2. The summed E-state index contributed by atoms with van der Waals surface area (Å²) in [6, 6.07) is 10.9. The van der Waals surface area contributed by atoms with E-state index in [0.29, 0.717) is 5.75 Å². The molecule has 2 aromatic carbocycles. The second-order valence-electron chi connectivity index (χ2n) is 5.12. The van der Waals surface area contributed by atoms with E-state index in [9.17, 15) is 14.0 Å². The van der Waals surface area contributed by atoms with Crippen molar-refractivity contribution in [1.82, 2.24) is 10.9 Å². The van der Waals surface area contributed by atoms with Gasteiger partial charge in [-0.2, -0.15) is 0 Å². The largest absolute Gasteiger partial charge is 0.480 e. The minimum Gasteiger partial charge on any atom is -0.480 e. The van der Waals surface area contributed by atoms with Crippen LogP contribution in [0.1, 0.15) is 22.8 Å². The van der Waals surface area contributed by atoms with Crippen LogP contribution in [0.5, 0.6) is 5.75 Å². The molecule has 2 aromatic rings. The minimum absolute atomic E-state index is 0.160. The number of amides is 2. The minimum atomic E-state index is -0.857. The smallest absolute Gasteiger partial charge is 0.279 e. The van der Waals surface area contributed by atoms with Gasteiger partial charge < -0.3 is 4.74 Å². The lowest BCUT2D eigenvalue weighted by Crippen LogP contribution is -2.47. The zero-order valence-corrected chi connectivity index (χ0v) is 14.7. The van der Waals surface area contributed by atoms with Gasteiger partial charge in [-0.25, -0.2) is 4.39 Å². The average Bonchev–Trinajstić information content (AvgIpc) is 2.55. The Balaban J connectivity index is 1.92. The first-order valence-electron chi connectivity index (χ1n) is 7.16. The van der Waals surface area contributed by atoms with Crippen molar-refractivity contribution in [2.75, 3.05) is 0 Å². The number of nitrogens with one attached hydrogen (secondary N) is 2. The van der Waals surface area contributed by atoms with Crippen LogP contribution in [-0.4, -0.2) is 17.9 Å². The molecule has 0 spiro atoms. The molecule has 2 N–H and O–H groups in total. The number of hydrogen-bond donors (Lipinski definition) is 2. The van der Waals surface area contributed by atoms with Gasteiger partial charge in [-0.05, 0) is 59.6 Å². The van der Waals surface area contributed by atoms with E-state index in [1.54, 1.807) is 6.07 Å². The first-order valence-corrected chi connectivity index (χ1v) is 7.95. The van der Waals surface area contributed by atoms with E-state index in [1.807, 2.05) is 19.1 Å². The molecule has 2 amide bonds. The van der Waals surface area contributed by atoms with Crippen LogP contribution in [0.3, 0.4) is 0 Å². The van der Waals surface area contributed by atoms with E-state index in [-0.39, 0.29) is 5.56 Å². The zero-order chi connectivity index (χ0) is 17.7. The maximum absolute atomic E-state index is 13.5. The van der Waals surface area contributed by atoms with E-state index in [4.69, 9.17) is 4.74 Å². The van der Waals surface area contributed by atoms with Crippen LogP contribution in [0.4, 0.5) is 4.39 Å². The van der Waals surface area contributed by atoms with Gasteiger partial charge in [-0.15, -0.1) is 0 Å². The number of benzene rings is 2. The Kier molecular flexibility index (Phi) is 5.92. The molecular weight excluding hydrogens is 379 g/mol. The predicted molar refractivity (Wildman–Crippen MR) is 91.0 cm³/mol. The Hall–Kier alpha value is -2.41. The summed E-state index contributed by atoms with van der Waals surface area (Å²) in [5, 5.41) is 0. The molecule has 0 radical (unpaired) electrons. The Morgan fingerprint density at radius 2 is 1.88 bits per heavy atom. The SMILES string of the molecule is Cc1ccc(OC(C)C(=O)NNC(=O)c2ccccc2F)c(Br)c1. The van der Waals surface area contributed by atoms with Crippen molar-refractivity contribution in [3.63, 3.8) is 0 Å². The van der Waals surface area contributed by atoms with E-state index in [1.165, 1.54) is 25.1 Å². The van der Waals surface area contributed by atoms with Crippen LogP contribution in [0.25, 0.3) is 0 Å². The molecule has 0 heterocycles. The molecule has 0 aliphatic heterocycles. The van der Waals surface area contributed by atoms with Crippen LogP contribution in [0, 0.1) is 12.7 Å². The van der Waals surface area contributed by atoms with Crippen LogP contribution >= 0.6 is 15.9 Å². The van der Waals surface area contributed by atoms with Gasteiger partial charge in [0.2, 0.25) is 0 Å². The molecular formula is C17H16BrFN2O3. The second-order valence-corrected chi connectivity index (χ2v) is 5.97. The summed E-state index contributed by atoms with van der Waals surface area (Å²) in [5.41, 5.74) is 5.26. The van der Waals surface area contributed by atoms with Gasteiger partial charge in [0.1, 0.15) is 11.6 Å². The van der Waals surface area contributed by atoms with Crippen molar-refractivity contribution in [2.24, 2.45) is 0 Å². The molecule has 0 saturated carbocycles. The van der Waals surface area contributed by atoms with E-state index in [0.717, 1.165) is 16.1 Å². The van der Waals surface area contributed by atoms with E-state index in [2.05, 4.69) is 26.8 Å². The Bertz CT molecular complexity index is 767. The molecule has 126 valence electrons. The molecule has 5 nitrogen and oxygen atoms in total. The lowest BCUT2D eigenvalue weighted by molar-refractivity contribution is -0.128. The summed E-state index contributed by atoms with van der Waals surface area (Å²) >= 11 is 3.36. The van der Waals surface area contributed by atoms with Gasteiger partial charge in [0.05, 0.1) is 10.0 Å². The lowest BCUT2D eigenvalue weighted by Gasteiger charge is -2.16. The Morgan fingerprint density at radius 1 is 1.17 bits per heavy atom. The molecule has 0 aliphatic carbocycles. The van der Waals surface area contributed by atoms with Crippen molar-refractivity contribution in [3.05, 3.63) is 63.9 Å². The summed E-state index contributed by atoms with van der Waals surface area (Å²) in [7, 11) is 0. The number of carbonyl (C=O) groups is 2. The highest BCUT2D eigenvalue weighted by Gasteiger charge is 2.18. The standard InChI is InChI=1S/C17H16BrFN2O3/c1-10-7-8-15(13(18)9-10)24-11(2)16(22)20-21-17(23)12-5-3-4-6-14(12)19/h3-9,11H,1-2H3,(H,20,22)(H,21,23). The molecule has 0 aliphatic rings. The molecule has 0 bridgehead atoms. The third-order valence-electron chi connectivity index (χ3n) is 3.18. The second kappa shape index (κ2) is 7.92. The number of hydrazine groups is 1. The highest BCUT2D eigenvalue weighted by molar-refractivity contribution is 9.10. The summed E-state index contributed by atoms with van der Waals surface area (Å²) in [6.07, 6.45) is -0.857.